The minimum atomic E-state index is 0.745. The lowest BCUT2D eigenvalue weighted by Gasteiger charge is -2.13. The van der Waals surface area contributed by atoms with Crippen LogP contribution in [0.4, 0.5) is 0 Å². The Morgan fingerprint density at radius 3 is 3.06 bits per heavy atom. The first kappa shape index (κ1) is 11.2. The fraction of sp³-hybridized carbons (Fsp3) is 0.462. The Kier molecular flexibility index (Phi) is 2.96. The van der Waals surface area contributed by atoms with Gasteiger partial charge in [0.15, 0.2) is 11.1 Å². The van der Waals surface area contributed by atoms with E-state index in [0.717, 1.165) is 29.1 Å². The van der Waals surface area contributed by atoms with Gasteiger partial charge in [-0.2, -0.15) is 5.10 Å². The van der Waals surface area contributed by atoms with E-state index in [0.29, 0.717) is 0 Å². The molecule has 1 aliphatic carbocycles. The van der Waals surface area contributed by atoms with Crippen LogP contribution < -0.4 is 5.49 Å². The maximum atomic E-state index is 4.34. The molecule has 0 aromatic carbocycles. The molecule has 1 saturated carbocycles. The van der Waals surface area contributed by atoms with Gasteiger partial charge in [0.1, 0.15) is 0 Å². The van der Waals surface area contributed by atoms with Crippen LogP contribution in [0.3, 0.4) is 0 Å². The van der Waals surface area contributed by atoms with E-state index in [1.807, 2.05) is 12.3 Å². The molecule has 3 rings (SSSR count). The van der Waals surface area contributed by atoms with Crippen molar-refractivity contribution >= 4 is 17.9 Å². The van der Waals surface area contributed by atoms with Crippen molar-refractivity contribution in [2.24, 2.45) is 16.1 Å². The van der Waals surface area contributed by atoms with Crippen molar-refractivity contribution in [3.05, 3.63) is 23.9 Å². The summed E-state index contributed by atoms with van der Waals surface area (Å²) in [5.74, 6) is 0.745. The van der Waals surface area contributed by atoms with Crippen LogP contribution in [-0.4, -0.2) is 21.3 Å². The Balaban J connectivity index is 2.09. The molecule has 2 heterocycles. The molecule has 2 aromatic heterocycles. The minimum Gasteiger partial charge on any atom is -0.345 e. The molecule has 0 unspecified atom stereocenters. The number of nitrogens with one attached hydrogen (secondary N) is 1. The lowest BCUT2D eigenvalue weighted by Crippen LogP contribution is -2.24. The SMILES string of the molecule is C=N/N=c1/cnc2[nH]ccc2n1CC1CCCC1. The molecular weight excluding hydrogens is 226 g/mol. The second kappa shape index (κ2) is 4.76. The van der Waals surface area contributed by atoms with Gasteiger partial charge >= 0.3 is 0 Å². The molecule has 1 N–H and O–H groups in total. The van der Waals surface area contributed by atoms with Gasteiger partial charge in [0.2, 0.25) is 0 Å². The average Bonchev–Trinajstić information content (AvgIpc) is 3.02. The minimum absolute atomic E-state index is 0.745. The molecule has 0 spiro atoms. The van der Waals surface area contributed by atoms with Gasteiger partial charge in [-0.15, -0.1) is 5.10 Å². The van der Waals surface area contributed by atoms with Crippen molar-refractivity contribution in [3.63, 3.8) is 0 Å². The zero-order chi connectivity index (χ0) is 12.4. The Bertz CT molecular complexity index is 616. The number of nitrogens with zero attached hydrogens (tertiary/aromatic N) is 4. The number of rotatable bonds is 3. The Hall–Kier alpha value is -1.91. The topological polar surface area (TPSA) is 58.3 Å². The molecule has 0 aliphatic heterocycles. The maximum absolute atomic E-state index is 4.34. The van der Waals surface area contributed by atoms with Crippen LogP contribution in [0.15, 0.2) is 28.7 Å². The maximum Gasteiger partial charge on any atom is 0.174 e. The predicted octanol–water partition coefficient (Wildman–Crippen LogP) is 2.07. The highest BCUT2D eigenvalue weighted by Gasteiger charge is 2.17. The smallest absolute Gasteiger partial charge is 0.174 e. The summed E-state index contributed by atoms with van der Waals surface area (Å²) in [5.41, 5.74) is 2.77. The Labute approximate surface area is 105 Å². The lowest BCUT2D eigenvalue weighted by atomic mass is 10.1. The van der Waals surface area contributed by atoms with Gasteiger partial charge in [-0.25, -0.2) is 4.98 Å². The highest BCUT2D eigenvalue weighted by Crippen LogP contribution is 2.26. The van der Waals surface area contributed by atoms with Crippen molar-refractivity contribution < 1.29 is 0 Å². The molecular formula is C13H17N5. The van der Waals surface area contributed by atoms with Gasteiger partial charge in [0.25, 0.3) is 0 Å². The van der Waals surface area contributed by atoms with Gasteiger partial charge in [0.05, 0.1) is 11.7 Å². The van der Waals surface area contributed by atoms with Gasteiger partial charge < -0.3 is 9.55 Å². The second-order valence-electron chi connectivity index (χ2n) is 4.83. The summed E-state index contributed by atoms with van der Waals surface area (Å²) in [4.78, 5) is 7.47. The van der Waals surface area contributed by atoms with E-state index in [1.165, 1.54) is 25.7 Å². The van der Waals surface area contributed by atoms with Crippen LogP contribution in [0, 0.1) is 5.92 Å². The van der Waals surface area contributed by atoms with Gasteiger partial charge in [-0.3, -0.25) is 0 Å². The third-order valence-corrected chi connectivity index (χ3v) is 3.67. The predicted molar refractivity (Wildman–Crippen MR) is 71.2 cm³/mol. The molecule has 5 nitrogen and oxygen atoms in total. The van der Waals surface area contributed by atoms with Crippen molar-refractivity contribution in [1.29, 1.82) is 0 Å². The monoisotopic (exact) mass is 243 g/mol. The lowest BCUT2D eigenvalue weighted by molar-refractivity contribution is 0.454. The first-order valence-corrected chi connectivity index (χ1v) is 6.41. The Morgan fingerprint density at radius 2 is 2.28 bits per heavy atom. The molecule has 0 saturated heterocycles. The molecule has 1 fully saturated rings. The van der Waals surface area contributed by atoms with E-state index in [9.17, 15) is 0 Å². The summed E-state index contributed by atoms with van der Waals surface area (Å²) in [6.07, 6.45) is 8.97. The number of H-pyrrole nitrogens is 1. The molecule has 2 aromatic rings. The van der Waals surface area contributed by atoms with Crippen molar-refractivity contribution in [1.82, 2.24) is 14.5 Å². The Morgan fingerprint density at radius 1 is 1.44 bits per heavy atom. The van der Waals surface area contributed by atoms with Crippen LogP contribution >= 0.6 is 0 Å². The normalized spacial score (nSPS) is 17.7. The number of aromatic nitrogens is 3. The zero-order valence-electron chi connectivity index (χ0n) is 10.3. The largest absolute Gasteiger partial charge is 0.345 e. The molecule has 1 aliphatic rings. The molecule has 0 atom stereocenters. The highest BCUT2D eigenvalue weighted by atomic mass is 15.2. The summed E-state index contributed by atoms with van der Waals surface area (Å²) < 4.78 is 2.20. The molecule has 0 amide bonds. The summed E-state index contributed by atoms with van der Waals surface area (Å²) in [5, 5.41) is 7.72. The molecule has 5 heteroatoms. The fourth-order valence-corrected chi connectivity index (χ4v) is 2.78. The molecule has 0 radical (unpaired) electrons. The van der Waals surface area contributed by atoms with Crippen LogP contribution in [0.5, 0.6) is 0 Å². The van der Waals surface area contributed by atoms with Gasteiger partial charge in [-0.05, 0) is 24.8 Å². The summed E-state index contributed by atoms with van der Waals surface area (Å²) >= 11 is 0. The molecule has 18 heavy (non-hydrogen) atoms. The van der Waals surface area contributed by atoms with Crippen molar-refractivity contribution in [2.75, 3.05) is 0 Å². The third kappa shape index (κ3) is 1.96. The quantitative estimate of drug-likeness (QED) is 0.651. The van der Waals surface area contributed by atoms with E-state index in [2.05, 4.69) is 31.5 Å². The summed E-state index contributed by atoms with van der Waals surface area (Å²) in [6.45, 7) is 4.42. The van der Waals surface area contributed by atoms with Gasteiger partial charge in [-0.1, -0.05) is 12.8 Å². The van der Waals surface area contributed by atoms with Crippen LogP contribution in [0.2, 0.25) is 0 Å². The second-order valence-corrected chi connectivity index (χ2v) is 4.83. The fourth-order valence-electron chi connectivity index (χ4n) is 2.78. The van der Waals surface area contributed by atoms with E-state index in [1.54, 1.807) is 6.20 Å². The van der Waals surface area contributed by atoms with Crippen molar-refractivity contribution in [2.45, 2.75) is 32.2 Å². The van der Waals surface area contributed by atoms with E-state index in [4.69, 9.17) is 0 Å². The number of hydrogen-bond acceptors (Lipinski definition) is 3. The van der Waals surface area contributed by atoms with E-state index >= 15 is 0 Å². The standard InChI is InChI=1S/C13H17N5/c1-14-17-12-8-16-13-11(6-7-15-13)18(12)9-10-4-2-3-5-10/h6-8,10,15H,1-5,9H2/b17-12-. The first-order chi connectivity index (χ1) is 8.88. The molecule has 0 bridgehead atoms. The number of fused-ring (bicyclic) bond motifs is 1. The zero-order valence-corrected chi connectivity index (χ0v) is 10.3. The van der Waals surface area contributed by atoms with Crippen molar-refractivity contribution in [3.8, 4) is 0 Å². The van der Waals surface area contributed by atoms with Crippen LogP contribution in [0.25, 0.3) is 11.2 Å². The number of hydrogen-bond donors (Lipinski definition) is 1. The van der Waals surface area contributed by atoms with Crippen LogP contribution in [0.1, 0.15) is 25.7 Å². The summed E-state index contributed by atoms with van der Waals surface area (Å²) in [6, 6.07) is 2.04. The third-order valence-electron chi connectivity index (χ3n) is 3.67. The highest BCUT2D eigenvalue weighted by molar-refractivity contribution is 5.70. The molecule has 94 valence electrons. The summed E-state index contributed by atoms with van der Waals surface area (Å²) in [7, 11) is 0. The first-order valence-electron chi connectivity index (χ1n) is 6.41. The van der Waals surface area contributed by atoms with Gasteiger partial charge in [0, 0.05) is 19.5 Å². The number of aromatic amines is 1. The van der Waals surface area contributed by atoms with E-state index in [-0.39, 0.29) is 0 Å². The van der Waals surface area contributed by atoms with Crippen LogP contribution in [-0.2, 0) is 6.54 Å². The van der Waals surface area contributed by atoms with E-state index < -0.39 is 0 Å². The average molecular weight is 243 g/mol.